The normalized spacial score (nSPS) is 14.7. The Morgan fingerprint density at radius 2 is 1.63 bits per heavy atom. The number of ether oxygens (including phenoxy) is 4. The molecule has 0 N–H and O–H groups in total. The molecule has 52 heavy (non-hydrogen) atoms. The van der Waals surface area contributed by atoms with Gasteiger partial charge in [-0.15, -0.1) is 10.00 Å². The fourth-order valence-corrected chi connectivity index (χ4v) is 5.27. The van der Waals surface area contributed by atoms with E-state index >= 15 is 0 Å². The molecule has 1 saturated heterocycles. The molecule has 0 bridgehead atoms. The van der Waals surface area contributed by atoms with E-state index in [1.54, 1.807) is 83.6 Å². The van der Waals surface area contributed by atoms with Crippen LogP contribution in [-0.2, 0) is 30.3 Å². The molecule has 1 atom stereocenters. The van der Waals surface area contributed by atoms with Gasteiger partial charge in [0, 0.05) is 12.1 Å². The summed E-state index contributed by atoms with van der Waals surface area (Å²) in [6.07, 6.45) is -0.451. The standard InChI is InChI=1S/C36H41N9O7/c1-22-23(18-37)11-9-13-25(22)26-17-27(40-32(39-26)45(33(47)51-35(2,3)4)34(48)52-36(5,6)7)28-20-43(42-41-28)19-24-12-10-14-30(38-24)44-15-16-50-21-29(44)31(46)49-8/h9-14,17,20,29H,15-16,19,21H2,1-8H3. The average Bonchev–Trinajstić information content (AvgIpc) is 3.55. The van der Waals surface area contributed by atoms with Crippen LogP contribution in [0.5, 0.6) is 0 Å². The van der Waals surface area contributed by atoms with Gasteiger partial charge in [0.25, 0.3) is 0 Å². The summed E-state index contributed by atoms with van der Waals surface area (Å²) in [7, 11) is 1.34. The van der Waals surface area contributed by atoms with Gasteiger partial charge >= 0.3 is 18.2 Å². The first-order chi connectivity index (χ1) is 24.6. The Balaban J connectivity index is 1.56. The van der Waals surface area contributed by atoms with Gasteiger partial charge in [0.15, 0.2) is 6.04 Å². The number of carbonyl (C=O) groups excluding carboxylic acids is 3. The van der Waals surface area contributed by atoms with Gasteiger partial charge < -0.3 is 23.8 Å². The number of hydrogen-bond donors (Lipinski definition) is 0. The Labute approximate surface area is 301 Å². The van der Waals surface area contributed by atoms with E-state index in [9.17, 15) is 19.6 Å². The van der Waals surface area contributed by atoms with E-state index in [0.29, 0.717) is 57.6 Å². The highest BCUT2D eigenvalue weighted by atomic mass is 16.6. The zero-order valence-electron chi connectivity index (χ0n) is 30.4. The highest BCUT2D eigenvalue weighted by Gasteiger charge is 2.36. The van der Waals surface area contributed by atoms with E-state index in [1.807, 2.05) is 23.1 Å². The lowest BCUT2D eigenvalue weighted by Crippen LogP contribution is -2.51. The molecule has 1 aliphatic heterocycles. The second-order valence-electron chi connectivity index (χ2n) is 13.9. The van der Waals surface area contributed by atoms with Crippen LogP contribution in [0.2, 0.25) is 0 Å². The lowest BCUT2D eigenvalue weighted by Gasteiger charge is -2.34. The number of methoxy groups -OCH3 is 1. The van der Waals surface area contributed by atoms with Crippen molar-refractivity contribution < 1.29 is 33.3 Å². The molecule has 4 aromatic rings. The zero-order chi connectivity index (χ0) is 37.8. The van der Waals surface area contributed by atoms with Gasteiger partial charge in [0.1, 0.15) is 22.7 Å². The molecule has 0 spiro atoms. The fraction of sp³-hybridized carbons (Fsp3) is 0.417. The van der Waals surface area contributed by atoms with Crippen molar-refractivity contribution in [1.82, 2.24) is 29.9 Å². The summed E-state index contributed by atoms with van der Waals surface area (Å²) in [5.74, 6) is -0.156. The maximum Gasteiger partial charge on any atom is 0.427 e. The topological polar surface area (TPSA) is 188 Å². The number of nitriles is 1. The molecule has 1 aliphatic rings. The molecule has 1 aromatic carbocycles. The molecule has 4 heterocycles. The number of carbonyl (C=O) groups is 3. The predicted molar refractivity (Wildman–Crippen MR) is 188 cm³/mol. The Morgan fingerprint density at radius 3 is 2.29 bits per heavy atom. The quantitative estimate of drug-likeness (QED) is 0.182. The summed E-state index contributed by atoms with van der Waals surface area (Å²) < 4.78 is 23.2. The van der Waals surface area contributed by atoms with Crippen LogP contribution < -0.4 is 9.80 Å². The molecule has 272 valence electrons. The second-order valence-corrected chi connectivity index (χ2v) is 13.9. The van der Waals surface area contributed by atoms with Gasteiger partial charge in [-0.1, -0.05) is 23.4 Å². The predicted octanol–water partition coefficient (Wildman–Crippen LogP) is 5.08. The van der Waals surface area contributed by atoms with Gasteiger partial charge in [0.05, 0.1) is 61.8 Å². The zero-order valence-corrected chi connectivity index (χ0v) is 30.4. The number of esters is 1. The molecule has 1 unspecified atom stereocenters. The van der Waals surface area contributed by atoms with Crippen LogP contribution in [0.15, 0.2) is 48.7 Å². The van der Waals surface area contributed by atoms with Gasteiger partial charge in [-0.2, -0.15) is 5.26 Å². The number of rotatable bonds is 7. The molecular formula is C36H41N9O7. The fourth-order valence-electron chi connectivity index (χ4n) is 5.27. The number of aromatic nitrogens is 6. The molecule has 3 aromatic heterocycles. The highest BCUT2D eigenvalue weighted by Crippen LogP contribution is 2.30. The molecule has 5 rings (SSSR count). The Morgan fingerprint density at radius 1 is 0.962 bits per heavy atom. The van der Waals surface area contributed by atoms with Crippen LogP contribution in [0.25, 0.3) is 22.6 Å². The van der Waals surface area contributed by atoms with Crippen LogP contribution >= 0.6 is 0 Å². The third kappa shape index (κ3) is 8.85. The number of benzene rings is 1. The van der Waals surface area contributed by atoms with E-state index < -0.39 is 35.4 Å². The van der Waals surface area contributed by atoms with Crippen molar-refractivity contribution in [3.8, 4) is 28.7 Å². The van der Waals surface area contributed by atoms with Crippen molar-refractivity contribution in [3.05, 3.63) is 65.5 Å². The van der Waals surface area contributed by atoms with Crippen molar-refractivity contribution in [1.29, 1.82) is 5.26 Å². The first kappa shape index (κ1) is 37.3. The molecule has 16 nitrogen and oxygen atoms in total. The average molecular weight is 712 g/mol. The first-order valence-corrected chi connectivity index (χ1v) is 16.5. The third-order valence-corrected chi connectivity index (χ3v) is 7.61. The molecule has 0 saturated carbocycles. The lowest BCUT2D eigenvalue weighted by molar-refractivity contribution is -0.144. The van der Waals surface area contributed by atoms with Gasteiger partial charge in [-0.25, -0.2) is 34.0 Å². The Kier molecular flexibility index (Phi) is 10.8. The van der Waals surface area contributed by atoms with Crippen LogP contribution in [0.3, 0.4) is 0 Å². The summed E-state index contributed by atoms with van der Waals surface area (Å²) in [6, 6.07) is 13.8. The summed E-state index contributed by atoms with van der Waals surface area (Å²) >= 11 is 0. The van der Waals surface area contributed by atoms with Crippen LogP contribution in [0.1, 0.15) is 58.4 Å². The Hall–Kier alpha value is -5.95. The molecule has 16 heteroatoms. The number of nitrogens with zero attached hydrogens (tertiary/aromatic N) is 9. The van der Waals surface area contributed by atoms with Gasteiger partial charge in [-0.3, -0.25) is 0 Å². The van der Waals surface area contributed by atoms with Crippen molar-refractivity contribution >= 4 is 29.9 Å². The monoisotopic (exact) mass is 711 g/mol. The molecular weight excluding hydrogens is 670 g/mol. The minimum Gasteiger partial charge on any atom is -0.467 e. The largest absolute Gasteiger partial charge is 0.467 e. The van der Waals surface area contributed by atoms with Gasteiger partial charge in [0.2, 0.25) is 5.95 Å². The summed E-state index contributed by atoms with van der Waals surface area (Å²) in [5, 5.41) is 18.4. The second kappa shape index (κ2) is 15.1. The Bertz CT molecular complexity index is 1980. The molecule has 0 aliphatic carbocycles. The number of imide groups is 1. The van der Waals surface area contributed by atoms with Crippen LogP contribution in [0.4, 0.5) is 21.4 Å². The maximum absolute atomic E-state index is 13.6. The van der Waals surface area contributed by atoms with Gasteiger partial charge in [-0.05, 0) is 78.3 Å². The van der Waals surface area contributed by atoms with E-state index in [0.717, 1.165) is 0 Å². The third-order valence-electron chi connectivity index (χ3n) is 7.61. The van der Waals surface area contributed by atoms with E-state index in [2.05, 4.69) is 26.3 Å². The van der Waals surface area contributed by atoms with Crippen molar-refractivity contribution in [3.63, 3.8) is 0 Å². The number of amides is 2. The number of anilines is 2. The summed E-state index contributed by atoms with van der Waals surface area (Å²) in [6.45, 7) is 13.1. The minimum atomic E-state index is -1.04. The maximum atomic E-state index is 13.6. The number of morpholine rings is 1. The SMILES string of the molecule is COC(=O)C1COCCN1c1cccc(Cn2cc(-c3cc(-c4cccc(C#N)c4C)nc(N(C(=O)OC(C)(C)C)C(=O)OC(C)(C)C)n3)nn2)n1. The van der Waals surface area contributed by atoms with E-state index in [4.69, 9.17) is 23.9 Å². The smallest absolute Gasteiger partial charge is 0.427 e. The van der Waals surface area contributed by atoms with E-state index in [-0.39, 0.29) is 24.8 Å². The summed E-state index contributed by atoms with van der Waals surface area (Å²) in [4.78, 5) is 56.0. The number of pyridine rings is 1. The summed E-state index contributed by atoms with van der Waals surface area (Å²) in [5.41, 5.74) is 1.15. The van der Waals surface area contributed by atoms with Crippen LogP contribution in [0, 0.1) is 18.3 Å². The number of hydrogen-bond acceptors (Lipinski definition) is 14. The first-order valence-electron chi connectivity index (χ1n) is 16.5. The van der Waals surface area contributed by atoms with E-state index in [1.165, 1.54) is 7.11 Å². The molecule has 1 fully saturated rings. The van der Waals surface area contributed by atoms with Crippen molar-refractivity contribution in [2.75, 3.05) is 36.7 Å². The minimum absolute atomic E-state index is 0.188. The highest BCUT2D eigenvalue weighted by molar-refractivity contribution is 6.08. The molecule has 0 radical (unpaired) electrons. The lowest BCUT2D eigenvalue weighted by atomic mass is 10.00. The molecule has 2 amide bonds. The van der Waals surface area contributed by atoms with Crippen molar-refractivity contribution in [2.45, 2.75) is 72.3 Å². The van der Waals surface area contributed by atoms with Crippen LogP contribution in [-0.4, -0.2) is 92.2 Å². The van der Waals surface area contributed by atoms with Crippen molar-refractivity contribution in [2.24, 2.45) is 0 Å².